The smallest absolute Gasteiger partial charge is 0.321 e. The van der Waals surface area contributed by atoms with Gasteiger partial charge in [0.2, 0.25) is 0 Å². The van der Waals surface area contributed by atoms with Gasteiger partial charge in [0.15, 0.2) is 0 Å². The van der Waals surface area contributed by atoms with E-state index in [1.54, 1.807) is 13.1 Å². The largest absolute Gasteiger partial charge is 0.391 e. The summed E-state index contributed by atoms with van der Waals surface area (Å²) in [6.07, 6.45) is 1.53. The van der Waals surface area contributed by atoms with E-state index in [0.29, 0.717) is 10.4 Å². The number of rotatable bonds is 4. The van der Waals surface area contributed by atoms with Crippen molar-refractivity contribution in [3.05, 3.63) is 28.5 Å². The van der Waals surface area contributed by atoms with Crippen molar-refractivity contribution in [3.63, 3.8) is 0 Å². The topological polar surface area (TPSA) is 52.6 Å². The molecule has 4 nitrogen and oxygen atoms in total. The van der Waals surface area contributed by atoms with Crippen molar-refractivity contribution in [2.75, 3.05) is 18.9 Å². The molecule has 2 rings (SSSR count). The third-order valence-electron chi connectivity index (χ3n) is 3.15. The summed E-state index contributed by atoms with van der Waals surface area (Å²) in [5.74, 6) is -0.196. The number of aliphatic hydroxyl groups excluding tert-OH is 1. The second kappa shape index (κ2) is 5.88. The highest BCUT2D eigenvalue weighted by Crippen LogP contribution is 2.32. The fourth-order valence-corrected chi connectivity index (χ4v) is 2.13. The van der Waals surface area contributed by atoms with Crippen LogP contribution < -0.4 is 5.32 Å². The summed E-state index contributed by atoms with van der Waals surface area (Å²) in [5.41, 5.74) is 0.126. The number of nitrogens with zero attached hydrogens (tertiary/aromatic N) is 1. The number of hydrogen-bond acceptors (Lipinski definition) is 2. The van der Waals surface area contributed by atoms with Crippen molar-refractivity contribution in [1.82, 2.24) is 4.90 Å². The highest BCUT2D eigenvalue weighted by Gasteiger charge is 2.31. The van der Waals surface area contributed by atoms with Crippen LogP contribution in [0.3, 0.4) is 0 Å². The molecular weight excluding hydrogens is 315 g/mol. The number of carbonyl (C=O) groups is 1. The first-order valence-corrected chi connectivity index (χ1v) is 6.92. The first-order valence-electron chi connectivity index (χ1n) is 6.12. The lowest BCUT2D eigenvalue weighted by molar-refractivity contribution is 0.117. The molecule has 1 saturated carbocycles. The highest BCUT2D eigenvalue weighted by atomic mass is 79.9. The zero-order chi connectivity index (χ0) is 14.0. The molecule has 1 aromatic rings. The molecule has 6 heteroatoms. The number of likely N-dealkylation sites (N-methyl/N-ethyl adjacent to an activating group) is 1. The van der Waals surface area contributed by atoms with E-state index in [1.807, 2.05) is 0 Å². The van der Waals surface area contributed by atoms with Gasteiger partial charge in [-0.3, -0.25) is 0 Å². The van der Waals surface area contributed by atoms with Crippen molar-refractivity contribution < 1.29 is 14.3 Å². The Morgan fingerprint density at radius 1 is 1.63 bits per heavy atom. The molecule has 1 aliphatic carbocycles. The summed E-state index contributed by atoms with van der Waals surface area (Å²) in [6, 6.07) is 4.00. The minimum absolute atomic E-state index is 0.126. The Labute approximate surface area is 119 Å². The van der Waals surface area contributed by atoms with Crippen LogP contribution in [0.2, 0.25) is 0 Å². The number of aliphatic hydroxyl groups is 1. The first kappa shape index (κ1) is 14.3. The molecule has 0 spiro atoms. The van der Waals surface area contributed by atoms with E-state index in [1.165, 1.54) is 17.0 Å². The summed E-state index contributed by atoms with van der Waals surface area (Å²) < 4.78 is 14.2. The number of urea groups is 1. The van der Waals surface area contributed by atoms with E-state index in [-0.39, 0.29) is 12.2 Å². The summed E-state index contributed by atoms with van der Waals surface area (Å²) >= 11 is 3.15. The van der Waals surface area contributed by atoms with Crippen molar-refractivity contribution >= 4 is 27.6 Å². The van der Waals surface area contributed by atoms with Crippen LogP contribution in [0.1, 0.15) is 12.8 Å². The molecule has 0 aliphatic heterocycles. The normalized spacial score (nSPS) is 16.0. The third-order valence-corrected chi connectivity index (χ3v) is 3.64. The summed E-state index contributed by atoms with van der Waals surface area (Å²) in [5, 5.41) is 12.2. The fraction of sp³-hybridized carbons (Fsp3) is 0.462. The van der Waals surface area contributed by atoms with Crippen LogP contribution in [0.5, 0.6) is 0 Å². The summed E-state index contributed by atoms with van der Waals surface area (Å²) in [6.45, 7) is 0.259. The molecule has 1 atom stereocenters. The molecule has 0 saturated heterocycles. The van der Waals surface area contributed by atoms with Gasteiger partial charge in [-0.15, -0.1) is 0 Å². The van der Waals surface area contributed by atoms with Gasteiger partial charge in [-0.1, -0.05) is 15.9 Å². The van der Waals surface area contributed by atoms with Crippen LogP contribution in [-0.4, -0.2) is 35.7 Å². The van der Waals surface area contributed by atoms with Crippen LogP contribution in [0.25, 0.3) is 0 Å². The molecule has 1 aliphatic rings. The predicted molar refractivity (Wildman–Crippen MR) is 74.5 cm³/mol. The number of benzene rings is 1. The second-order valence-corrected chi connectivity index (χ2v) is 5.76. The highest BCUT2D eigenvalue weighted by molar-refractivity contribution is 9.10. The second-order valence-electron chi connectivity index (χ2n) is 4.84. The van der Waals surface area contributed by atoms with Gasteiger partial charge in [0.05, 0.1) is 11.8 Å². The van der Waals surface area contributed by atoms with Gasteiger partial charge in [-0.05, 0) is 37.0 Å². The maximum Gasteiger partial charge on any atom is 0.321 e. The lowest BCUT2D eigenvalue weighted by Gasteiger charge is -2.21. The van der Waals surface area contributed by atoms with E-state index in [0.717, 1.165) is 12.8 Å². The Morgan fingerprint density at radius 2 is 2.32 bits per heavy atom. The van der Waals surface area contributed by atoms with Gasteiger partial charge in [0.1, 0.15) is 5.82 Å². The quantitative estimate of drug-likeness (QED) is 0.891. The molecule has 0 heterocycles. The number of amides is 2. The number of halogens is 2. The lowest BCUT2D eigenvalue weighted by Crippen LogP contribution is -2.38. The van der Waals surface area contributed by atoms with E-state index < -0.39 is 18.0 Å². The minimum Gasteiger partial charge on any atom is -0.391 e. The van der Waals surface area contributed by atoms with Gasteiger partial charge in [-0.25, -0.2) is 9.18 Å². The van der Waals surface area contributed by atoms with Gasteiger partial charge >= 0.3 is 6.03 Å². The Balaban J connectivity index is 1.91. The molecule has 1 aromatic carbocycles. The van der Waals surface area contributed by atoms with Crippen molar-refractivity contribution in [3.8, 4) is 0 Å². The Morgan fingerprint density at radius 3 is 2.89 bits per heavy atom. The van der Waals surface area contributed by atoms with Crippen LogP contribution in [-0.2, 0) is 0 Å². The number of nitrogens with one attached hydrogen (secondary N) is 1. The predicted octanol–water partition coefficient (Wildman–Crippen LogP) is 2.82. The van der Waals surface area contributed by atoms with Crippen molar-refractivity contribution in [1.29, 1.82) is 0 Å². The zero-order valence-corrected chi connectivity index (χ0v) is 12.2. The summed E-state index contributed by atoms with van der Waals surface area (Å²) in [7, 11) is 1.58. The standard InChI is InChI=1S/C13H16BrFN2O2/c1-17(7-12(18)8-2-3-8)13(19)16-11-5-4-9(14)6-10(11)15/h4-6,8,12,18H,2-3,7H2,1H3,(H,16,19). The van der Waals surface area contributed by atoms with Gasteiger partial charge in [0, 0.05) is 18.1 Å². The lowest BCUT2D eigenvalue weighted by atomic mass is 10.2. The molecule has 2 N–H and O–H groups in total. The molecule has 1 fully saturated rings. The van der Waals surface area contributed by atoms with E-state index in [4.69, 9.17) is 0 Å². The third kappa shape index (κ3) is 3.91. The van der Waals surface area contributed by atoms with Gasteiger partial charge in [0.25, 0.3) is 0 Å². The SMILES string of the molecule is CN(CC(O)C1CC1)C(=O)Nc1ccc(Br)cc1F. The Bertz CT molecular complexity index is 480. The maximum atomic E-state index is 13.6. The average Bonchev–Trinajstić information content (AvgIpc) is 3.16. The summed E-state index contributed by atoms with van der Waals surface area (Å²) in [4.78, 5) is 13.2. The molecule has 0 radical (unpaired) electrons. The van der Waals surface area contributed by atoms with Gasteiger partial charge < -0.3 is 15.3 Å². The molecule has 2 amide bonds. The number of hydrogen-bond donors (Lipinski definition) is 2. The monoisotopic (exact) mass is 330 g/mol. The van der Waals surface area contributed by atoms with E-state index >= 15 is 0 Å². The zero-order valence-electron chi connectivity index (χ0n) is 10.6. The molecule has 1 unspecified atom stereocenters. The minimum atomic E-state index is -0.501. The van der Waals surface area contributed by atoms with Crippen LogP contribution in [0.4, 0.5) is 14.9 Å². The maximum absolute atomic E-state index is 13.6. The van der Waals surface area contributed by atoms with Crippen LogP contribution in [0.15, 0.2) is 22.7 Å². The molecule has 0 aromatic heterocycles. The fourth-order valence-electron chi connectivity index (χ4n) is 1.80. The van der Waals surface area contributed by atoms with Crippen LogP contribution in [0, 0.1) is 11.7 Å². The number of carbonyl (C=O) groups excluding carboxylic acids is 1. The molecule has 104 valence electrons. The van der Waals surface area contributed by atoms with Crippen molar-refractivity contribution in [2.24, 2.45) is 5.92 Å². The van der Waals surface area contributed by atoms with E-state index in [9.17, 15) is 14.3 Å². The molecule has 0 bridgehead atoms. The van der Waals surface area contributed by atoms with Crippen LogP contribution >= 0.6 is 15.9 Å². The Kier molecular flexibility index (Phi) is 4.42. The molecule has 19 heavy (non-hydrogen) atoms. The van der Waals surface area contributed by atoms with E-state index in [2.05, 4.69) is 21.2 Å². The van der Waals surface area contributed by atoms with Crippen molar-refractivity contribution in [2.45, 2.75) is 18.9 Å². The Hall–Kier alpha value is -1.14. The molecular formula is C13H16BrFN2O2. The number of anilines is 1. The average molecular weight is 331 g/mol. The first-order chi connectivity index (χ1) is 8.97. The van der Waals surface area contributed by atoms with Gasteiger partial charge in [-0.2, -0.15) is 0 Å².